The highest BCUT2D eigenvalue weighted by atomic mass is 35.5. The second-order valence-electron chi connectivity index (χ2n) is 2.97. The molecule has 1 aliphatic rings. The van der Waals surface area contributed by atoms with Gasteiger partial charge in [0, 0.05) is 6.07 Å². The fourth-order valence-corrected chi connectivity index (χ4v) is 1.44. The summed E-state index contributed by atoms with van der Waals surface area (Å²) in [6, 6.07) is 5.37. The number of hydrogen-bond acceptors (Lipinski definition) is 3. The van der Waals surface area contributed by atoms with Crippen LogP contribution in [0.1, 0.15) is 0 Å². The molecule has 1 aromatic carbocycles. The first kappa shape index (κ1) is 11.2. The Balaban J connectivity index is 2.16. The van der Waals surface area contributed by atoms with Gasteiger partial charge in [-0.25, -0.2) is 9.18 Å². The quantitative estimate of drug-likeness (QED) is 0.769. The van der Waals surface area contributed by atoms with E-state index in [0.717, 1.165) is 6.07 Å². The molecule has 6 heteroatoms. The van der Waals surface area contributed by atoms with Crippen LogP contribution in [-0.4, -0.2) is 12.3 Å². The van der Waals surface area contributed by atoms with Gasteiger partial charge < -0.3 is 9.47 Å². The van der Waals surface area contributed by atoms with E-state index in [9.17, 15) is 9.18 Å². The van der Waals surface area contributed by atoms with Crippen LogP contribution in [0.15, 0.2) is 34.3 Å². The zero-order chi connectivity index (χ0) is 11.7. The van der Waals surface area contributed by atoms with Crippen molar-refractivity contribution in [1.29, 1.82) is 0 Å². The summed E-state index contributed by atoms with van der Waals surface area (Å²) in [4.78, 5) is 11.0. The first-order valence-electron chi connectivity index (χ1n) is 4.26. The van der Waals surface area contributed by atoms with Crippen molar-refractivity contribution in [2.24, 2.45) is 0 Å². The molecule has 0 saturated heterocycles. The van der Waals surface area contributed by atoms with Crippen LogP contribution in [0.2, 0.25) is 0 Å². The number of cyclic esters (lactones) is 1. The van der Waals surface area contributed by atoms with E-state index in [0.29, 0.717) is 0 Å². The Hall–Kier alpha value is -1.26. The highest BCUT2D eigenvalue weighted by Gasteiger charge is 2.33. The molecule has 0 saturated carbocycles. The maximum atomic E-state index is 12.8. The first-order valence-corrected chi connectivity index (χ1v) is 5.02. The van der Waals surface area contributed by atoms with E-state index in [-0.39, 0.29) is 15.8 Å². The third kappa shape index (κ3) is 2.13. The summed E-state index contributed by atoms with van der Waals surface area (Å²) >= 11 is 11.2. The Morgan fingerprint density at radius 1 is 1.38 bits per heavy atom. The normalized spacial score (nSPS) is 19.9. The number of halogens is 3. The minimum atomic E-state index is -1.11. The Morgan fingerprint density at radius 3 is 2.69 bits per heavy atom. The summed E-state index contributed by atoms with van der Waals surface area (Å²) in [6.45, 7) is 0. The lowest BCUT2D eigenvalue weighted by Crippen LogP contribution is -2.17. The standard InChI is InChI=1S/C10H5Cl2FO3/c11-7-8(12)10(16-9(7)14)15-6-3-1-2-5(13)4-6/h1-4,10H. The van der Waals surface area contributed by atoms with Gasteiger partial charge in [0.15, 0.2) is 0 Å². The highest BCUT2D eigenvalue weighted by molar-refractivity contribution is 6.48. The lowest BCUT2D eigenvalue weighted by Gasteiger charge is -2.12. The molecule has 1 aromatic rings. The van der Waals surface area contributed by atoms with Crippen molar-refractivity contribution in [3.63, 3.8) is 0 Å². The third-order valence-corrected chi connectivity index (χ3v) is 2.67. The number of rotatable bonds is 2. The molecule has 0 fully saturated rings. The Labute approximate surface area is 100 Å². The minimum absolute atomic E-state index is 0.0454. The minimum Gasteiger partial charge on any atom is -0.449 e. The predicted octanol–water partition coefficient (Wildman–Crippen LogP) is 2.78. The summed E-state index contributed by atoms with van der Waals surface area (Å²) in [5, 5.41) is -0.265. The van der Waals surface area contributed by atoms with Gasteiger partial charge in [0.05, 0.1) is 0 Å². The average Bonchev–Trinajstić information content (AvgIpc) is 2.47. The van der Waals surface area contributed by atoms with Gasteiger partial charge in [0.2, 0.25) is 0 Å². The second-order valence-corrected chi connectivity index (χ2v) is 3.76. The molecule has 84 valence electrons. The van der Waals surface area contributed by atoms with Crippen molar-refractivity contribution in [2.75, 3.05) is 0 Å². The van der Waals surface area contributed by atoms with Crippen LogP contribution in [0.4, 0.5) is 4.39 Å². The largest absolute Gasteiger partial charge is 0.449 e. The molecule has 2 rings (SSSR count). The van der Waals surface area contributed by atoms with E-state index in [1.165, 1.54) is 18.2 Å². The summed E-state index contributed by atoms with van der Waals surface area (Å²) in [5.41, 5.74) is 0. The number of carbonyl (C=O) groups is 1. The predicted molar refractivity (Wildman–Crippen MR) is 55.6 cm³/mol. The summed E-state index contributed by atoms with van der Waals surface area (Å²) < 4.78 is 22.7. The zero-order valence-corrected chi connectivity index (χ0v) is 9.26. The molecule has 0 N–H and O–H groups in total. The van der Waals surface area contributed by atoms with Crippen LogP contribution in [0, 0.1) is 5.82 Å². The second kappa shape index (κ2) is 4.31. The number of hydrogen-bond donors (Lipinski definition) is 0. The van der Waals surface area contributed by atoms with E-state index >= 15 is 0 Å². The maximum absolute atomic E-state index is 12.8. The van der Waals surface area contributed by atoms with Crippen molar-refractivity contribution in [3.8, 4) is 5.75 Å². The van der Waals surface area contributed by atoms with Gasteiger partial charge >= 0.3 is 5.97 Å². The lowest BCUT2D eigenvalue weighted by atomic mass is 10.3. The highest BCUT2D eigenvalue weighted by Crippen LogP contribution is 2.30. The molecule has 1 unspecified atom stereocenters. The van der Waals surface area contributed by atoms with Crippen LogP contribution < -0.4 is 4.74 Å². The van der Waals surface area contributed by atoms with E-state index in [4.69, 9.17) is 32.7 Å². The molecule has 0 radical (unpaired) electrons. The van der Waals surface area contributed by atoms with Crippen molar-refractivity contribution >= 4 is 29.2 Å². The molecular weight excluding hydrogens is 258 g/mol. The van der Waals surface area contributed by atoms with Gasteiger partial charge in [0.1, 0.15) is 21.6 Å². The molecule has 0 amide bonds. The van der Waals surface area contributed by atoms with Crippen LogP contribution in [0.25, 0.3) is 0 Å². The zero-order valence-electron chi connectivity index (χ0n) is 7.75. The van der Waals surface area contributed by atoms with E-state index < -0.39 is 18.1 Å². The molecule has 0 aliphatic carbocycles. The fourth-order valence-electron chi connectivity index (χ4n) is 1.14. The van der Waals surface area contributed by atoms with Gasteiger partial charge in [-0.1, -0.05) is 29.3 Å². The smallest absolute Gasteiger partial charge is 0.354 e. The first-order chi connectivity index (χ1) is 7.58. The lowest BCUT2D eigenvalue weighted by molar-refractivity contribution is -0.148. The number of carbonyl (C=O) groups excluding carboxylic acids is 1. The Bertz CT molecular complexity index is 473. The topological polar surface area (TPSA) is 35.5 Å². The van der Waals surface area contributed by atoms with Crippen LogP contribution >= 0.6 is 23.2 Å². The third-order valence-electron chi connectivity index (χ3n) is 1.85. The molecule has 0 spiro atoms. The molecule has 16 heavy (non-hydrogen) atoms. The van der Waals surface area contributed by atoms with Gasteiger partial charge in [0.25, 0.3) is 6.29 Å². The molecule has 0 aromatic heterocycles. The molecule has 3 nitrogen and oxygen atoms in total. The SMILES string of the molecule is O=C1OC(Oc2cccc(F)c2)C(Cl)=C1Cl. The Morgan fingerprint density at radius 2 is 2.12 bits per heavy atom. The van der Waals surface area contributed by atoms with Crippen molar-refractivity contribution in [3.05, 3.63) is 40.1 Å². The monoisotopic (exact) mass is 262 g/mol. The van der Waals surface area contributed by atoms with E-state index in [1.807, 2.05) is 0 Å². The van der Waals surface area contributed by atoms with E-state index in [2.05, 4.69) is 0 Å². The number of esters is 1. The fraction of sp³-hybridized carbons (Fsp3) is 0.100. The number of ether oxygens (including phenoxy) is 2. The van der Waals surface area contributed by atoms with Crippen molar-refractivity contribution in [1.82, 2.24) is 0 Å². The maximum Gasteiger partial charge on any atom is 0.354 e. The van der Waals surface area contributed by atoms with Gasteiger partial charge in [-0.15, -0.1) is 0 Å². The number of benzene rings is 1. The van der Waals surface area contributed by atoms with Crippen molar-refractivity contribution in [2.45, 2.75) is 6.29 Å². The summed E-state index contributed by atoms with van der Waals surface area (Å²) in [6.07, 6.45) is -1.11. The van der Waals surface area contributed by atoms with Gasteiger partial charge in [-0.05, 0) is 12.1 Å². The van der Waals surface area contributed by atoms with Crippen LogP contribution in [0.5, 0.6) is 5.75 Å². The molecular formula is C10H5Cl2FO3. The average molecular weight is 263 g/mol. The molecule has 1 atom stereocenters. The summed E-state index contributed by atoms with van der Waals surface area (Å²) in [7, 11) is 0. The van der Waals surface area contributed by atoms with Crippen LogP contribution in [0.3, 0.4) is 0 Å². The van der Waals surface area contributed by atoms with E-state index in [1.54, 1.807) is 0 Å². The summed E-state index contributed by atoms with van der Waals surface area (Å²) in [5.74, 6) is -1.02. The molecule has 0 bridgehead atoms. The van der Waals surface area contributed by atoms with Crippen molar-refractivity contribution < 1.29 is 18.7 Å². The van der Waals surface area contributed by atoms with Crippen LogP contribution in [-0.2, 0) is 9.53 Å². The Kier molecular flexibility index (Phi) is 3.03. The van der Waals surface area contributed by atoms with Gasteiger partial charge in [-0.2, -0.15) is 0 Å². The van der Waals surface area contributed by atoms with Gasteiger partial charge in [-0.3, -0.25) is 0 Å². The molecule has 1 heterocycles. The molecule has 1 aliphatic heterocycles.